The molecule has 0 amide bonds. The summed E-state index contributed by atoms with van der Waals surface area (Å²) in [6, 6.07) is 5.43. The molecule has 0 aliphatic carbocycles. The SMILES string of the molecule is COC(=O)COc1cc(OC)ccc1C. The molecule has 15 heavy (non-hydrogen) atoms. The summed E-state index contributed by atoms with van der Waals surface area (Å²) in [6.45, 7) is 1.80. The first-order valence-corrected chi connectivity index (χ1v) is 4.51. The van der Waals surface area contributed by atoms with Crippen LogP contribution in [0.1, 0.15) is 5.56 Å². The van der Waals surface area contributed by atoms with Crippen LogP contribution in [0.3, 0.4) is 0 Å². The highest BCUT2D eigenvalue weighted by atomic mass is 16.6. The van der Waals surface area contributed by atoms with E-state index in [4.69, 9.17) is 9.47 Å². The zero-order chi connectivity index (χ0) is 11.3. The third-order valence-corrected chi connectivity index (χ3v) is 1.97. The summed E-state index contributed by atoms with van der Waals surface area (Å²) in [6.07, 6.45) is 0. The first-order valence-electron chi connectivity index (χ1n) is 4.51. The molecule has 0 spiro atoms. The third kappa shape index (κ3) is 3.16. The van der Waals surface area contributed by atoms with Crippen molar-refractivity contribution in [1.29, 1.82) is 0 Å². The highest BCUT2D eigenvalue weighted by Crippen LogP contribution is 2.23. The molecule has 4 nitrogen and oxygen atoms in total. The van der Waals surface area contributed by atoms with Crippen LogP contribution in [0.4, 0.5) is 0 Å². The lowest BCUT2D eigenvalue weighted by atomic mass is 10.2. The van der Waals surface area contributed by atoms with Crippen LogP contribution in [0.2, 0.25) is 0 Å². The minimum Gasteiger partial charge on any atom is -0.497 e. The Balaban J connectivity index is 2.70. The molecule has 1 rings (SSSR count). The Kier molecular flexibility index (Phi) is 3.97. The highest BCUT2D eigenvalue weighted by Gasteiger charge is 2.05. The van der Waals surface area contributed by atoms with E-state index in [-0.39, 0.29) is 6.61 Å². The summed E-state index contributed by atoms with van der Waals surface area (Å²) in [5.74, 6) is 0.914. The second-order valence-corrected chi connectivity index (χ2v) is 3.00. The van der Waals surface area contributed by atoms with Gasteiger partial charge in [-0.1, -0.05) is 6.07 Å². The molecule has 0 aliphatic rings. The van der Waals surface area contributed by atoms with E-state index >= 15 is 0 Å². The van der Waals surface area contributed by atoms with Crippen LogP contribution < -0.4 is 9.47 Å². The maximum atomic E-state index is 10.9. The van der Waals surface area contributed by atoms with Crippen molar-refractivity contribution in [2.24, 2.45) is 0 Å². The summed E-state index contributed by atoms with van der Waals surface area (Å²) >= 11 is 0. The Hall–Kier alpha value is -1.71. The average molecular weight is 210 g/mol. The van der Waals surface area contributed by atoms with E-state index in [9.17, 15) is 4.79 Å². The lowest BCUT2D eigenvalue weighted by Gasteiger charge is -2.09. The third-order valence-electron chi connectivity index (χ3n) is 1.97. The molecule has 0 fully saturated rings. The van der Waals surface area contributed by atoms with Gasteiger partial charge in [-0.2, -0.15) is 0 Å². The van der Waals surface area contributed by atoms with Crippen molar-refractivity contribution in [3.8, 4) is 11.5 Å². The van der Waals surface area contributed by atoms with Crippen molar-refractivity contribution in [1.82, 2.24) is 0 Å². The molecule has 0 bridgehead atoms. The molecular weight excluding hydrogens is 196 g/mol. The fourth-order valence-corrected chi connectivity index (χ4v) is 1.06. The molecule has 0 saturated carbocycles. The summed E-state index contributed by atoms with van der Waals surface area (Å²) in [5.41, 5.74) is 0.944. The number of methoxy groups -OCH3 is 2. The Labute approximate surface area is 88.8 Å². The van der Waals surface area contributed by atoms with Crippen molar-refractivity contribution < 1.29 is 19.0 Å². The number of esters is 1. The Morgan fingerprint density at radius 3 is 2.67 bits per heavy atom. The minimum absolute atomic E-state index is 0.0928. The van der Waals surface area contributed by atoms with Gasteiger partial charge in [0.15, 0.2) is 6.61 Å². The number of hydrogen-bond donors (Lipinski definition) is 0. The number of aryl methyl sites for hydroxylation is 1. The lowest BCUT2D eigenvalue weighted by molar-refractivity contribution is -0.142. The molecule has 4 heteroatoms. The maximum Gasteiger partial charge on any atom is 0.343 e. The zero-order valence-electron chi connectivity index (χ0n) is 9.07. The van der Waals surface area contributed by atoms with Crippen LogP contribution in [-0.4, -0.2) is 26.8 Å². The predicted octanol–water partition coefficient (Wildman–Crippen LogP) is 1.56. The van der Waals surface area contributed by atoms with Gasteiger partial charge in [0.05, 0.1) is 14.2 Å². The van der Waals surface area contributed by atoms with E-state index in [1.807, 2.05) is 19.1 Å². The van der Waals surface area contributed by atoms with Gasteiger partial charge in [-0.15, -0.1) is 0 Å². The Morgan fingerprint density at radius 1 is 1.33 bits per heavy atom. The number of benzene rings is 1. The van der Waals surface area contributed by atoms with Crippen LogP contribution >= 0.6 is 0 Å². The van der Waals surface area contributed by atoms with Gasteiger partial charge in [-0.25, -0.2) is 4.79 Å². The van der Waals surface area contributed by atoms with Crippen LogP contribution in [0.5, 0.6) is 11.5 Å². The highest BCUT2D eigenvalue weighted by molar-refractivity contribution is 5.70. The summed E-state index contributed by atoms with van der Waals surface area (Å²) in [5, 5.41) is 0. The molecule has 0 aromatic heterocycles. The molecule has 0 N–H and O–H groups in total. The molecular formula is C11H14O4. The summed E-state index contributed by atoms with van der Waals surface area (Å²) in [4.78, 5) is 10.9. The van der Waals surface area contributed by atoms with Crippen LogP contribution in [0.25, 0.3) is 0 Å². The molecule has 0 atom stereocenters. The second-order valence-electron chi connectivity index (χ2n) is 3.00. The Bertz CT molecular complexity index is 346. The van der Waals surface area contributed by atoms with E-state index in [1.165, 1.54) is 7.11 Å². The molecule has 1 aromatic carbocycles. The number of carbonyl (C=O) groups excluding carboxylic acids is 1. The van der Waals surface area contributed by atoms with Crippen molar-refractivity contribution >= 4 is 5.97 Å². The topological polar surface area (TPSA) is 44.8 Å². The lowest BCUT2D eigenvalue weighted by Crippen LogP contribution is -2.13. The van der Waals surface area contributed by atoms with Gasteiger partial charge in [0.1, 0.15) is 11.5 Å². The molecule has 82 valence electrons. The molecule has 0 aliphatic heterocycles. The van der Waals surface area contributed by atoms with E-state index in [1.54, 1.807) is 13.2 Å². The summed E-state index contributed by atoms with van der Waals surface area (Å²) < 4.78 is 14.8. The van der Waals surface area contributed by atoms with E-state index in [0.717, 1.165) is 5.56 Å². The molecule has 0 heterocycles. The second kappa shape index (κ2) is 5.24. The quantitative estimate of drug-likeness (QED) is 0.707. The van der Waals surface area contributed by atoms with Crippen molar-refractivity contribution in [3.05, 3.63) is 23.8 Å². The van der Waals surface area contributed by atoms with Crippen LogP contribution in [-0.2, 0) is 9.53 Å². The first-order chi connectivity index (χ1) is 7.17. The average Bonchev–Trinajstić information content (AvgIpc) is 2.27. The number of hydrogen-bond acceptors (Lipinski definition) is 4. The van der Waals surface area contributed by atoms with Gasteiger partial charge in [-0.05, 0) is 18.6 Å². The predicted molar refractivity (Wildman–Crippen MR) is 55.2 cm³/mol. The van der Waals surface area contributed by atoms with E-state index in [2.05, 4.69) is 4.74 Å². The zero-order valence-corrected chi connectivity index (χ0v) is 9.07. The monoisotopic (exact) mass is 210 g/mol. The summed E-state index contributed by atoms with van der Waals surface area (Å²) in [7, 11) is 2.90. The smallest absolute Gasteiger partial charge is 0.343 e. The van der Waals surface area contributed by atoms with Crippen molar-refractivity contribution in [2.45, 2.75) is 6.92 Å². The fraction of sp³-hybridized carbons (Fsp3) is 0.364. The van der Waals surface area contributed by atoms with Crippen LogP contribution in [0.15, 0.2) is 18.2 Å². The van der Waals surface area contributed by atoms with Crippen LogP contribution in [0, 0.1) is 6.92 Å². The number of carbonyl (C=O) groups is 1. The minimum atomic E-state index is -0.405. The molecule has 0 saturated heterocycles. The van der Waals surface area contributed by atoms with Gasteiger partial charge >= 0.3 is 5.97 Å². The van der Waals surface area contributed by atoms with Gasteiger partial charge in [0, 0.05) is 6.07 Å². The molecule has 1 aromatic rings. The van der Waals surface area contributed by atoms with E-state index < -0.39 is 5.97 Å². The number of rotatable bonds is 4. The van der Waals surface area contributed by atoms with Crippen molar-refractivity contribution in [2.75, 3.05) is 20.8 Å². The molecule has 0 radical (unpaired) electrons. The maximum absolute atomic E-state index is 10.9. The van der Waals surface area contributed by atoms with Gasteiger partial charge < -0.3 is 14.2 Å². The first kappa shape index (κ1) is 11.4. The number of ether oxygens (including phenoxy) is 3. The standard InChI is InChI=1S/C11H14O4/c1-8-4-5-9(13-2)6-10(8)15-7-11(12)14-3/h4-6H,7H2,1-3H3. The molecule has 0 unspecified atom stereocenters. The van der Waals surface area contributed by atoms with Gasteiger partial charge in [-0.3, -0.25) is 0 Å². The normalized spacial score (nSPS) is 9.53. The van der Waals surface area contributed by atoms with E-state index in [0.29, 0.717) is 11.5 Å². The van der Waals surface area contributed by atoms with Gasteiger partial charge in [0.25, 0.3) is 0 Å². The fourth-order valence-electron chi connectivity index (χ4n) is 1.06. The van der Waals surface area contributed by atoms with Gasteiger partial charge in [0.2, 0.25) is 0 Å². The van der Waals surface area contributed by atoms with Crippen molar-refractivity contribution in [3.63, 3.8) is 0 Å². The largest absolute Gasteiger partial charge is 0.497 e. The Morgan fingerprint density at radius 2 is 2.07 bits per heavy atom.